The van der Waals surface area contributed by atoms with E-state index in [4.69, 9.17) is 0 Å². The van der Waals surface area contributed by atoms with Gasteiger partial charge in [-0.25, -0.2) is 0 Å². The van der Waals surface area contributed by atoms with E-state index in [1.165, 1.54) is 132 Å². The van der Waals surface area contributed by atoms with Crippen molar-refractivity contribution in [2.24, 2.45) is 0 Å². The fourth-order valence-corrected chi connectivity index (χ4v) is 16.5. The largest absolute Gasteiger partial charge is 0.534 e. The molecule has 0 spiro atoms. The standard InChI is InChI=1S/C48H30.C30H21BO2.C19H11F3O3S/c1-2-12-34-29-35(26-23-31(34)11-1)32-21-24-33(25-22-32)47-42-17-7-9-19-44(42)48(45-20-10-8-18-43(45)47)36-27-28-41-39-15-4-3-13-37(39)38-14-5-6-16-40(38)46(41)30-36;32-31(33)30-27-11-5-3-9-25(27)29(26-10-4-6-12-28(26)30)22-16-13-21(14-17-22)24-18-15-20-7-1-2-8-23(20)19-24;20-19(21,22)26(23,24)25-12-9-10-17-15-7-2-1-5-13(15)14-6-3-4-8-16(14)18(17)11-12/h1-30H;1-19,32-33H;1-11H. The highest BCUT2D eigenvalue weighted by Crippen LogP contribution is 2.47. The SMILES string of the molecule is O=S(=O)(Oc1ccc2c3ccccc3c3ccccc3c2c1)C(F)(F)F.OB(O)c1c2ccccc2c(-c2ccc(-c3ccc4ccccc4c3)cc2)c2ccccc12.c1ccc2cc(-c3ccc(-c4c5ccccc5c(-c5ccc6c7ccccc7c7ccccc7c6c5)c5ccccc45)cc3)ccc2c1. The first-order valence-electron chi connectivity index (χ1n) is 35.4. The zero-order valence-electron chi connectivity index (χ0n) is 57.4. The molecule has 107 heavy (non-hydrogen) atoms. The molecule has 0 aliphatic heterocycles. The van der Waals surface area contributed by atoms with Gasteiger partial charge in [-0.15, -0.1) is 0 Å². The highest BCUT2D eigenvalue weighted by Gasteiger charge is 2.48. The third kappa shape index (κ3) is 11.9. The molecule has 0 heterocycles. The van der Waals surface area contributed by atoms with Gasteiger partial charge < -0.3 is 14.2 Å². The Bertz CT molecular complexity index is 6900. The monoisotopic (exact) mass is 1410 g/mol. The van der Waals surface area contributed by atoms with Crippen molar-refractivity contribution < 1.29 is 35.8 Å². The molecule has 0 amide bonds. The fourth-order valence-electron chi connectivity index (χ4n) is 16.1. The Labute approximate surface area is 614 Å². The summed E-state index contributed by atoms with van der Waals surface area (Å²) < 4.78 is 64.6. The Hall–Kier alpha value is -13.0. The minimum atomic E-state index is -5.72. The van der Waals surface area contributed by atoms with Crippen molar-refractivity contribution in [2.75, 3.05) is 0 Å². The average molecular weight is 1410 g/mol. The van der Waals surface area contributed by atoms with E-state index >= 15 is 0 Å². The highest BCUT2D eigenvalue weighted by atomic mass is 32.2. The van der Waals surface area contributed by atoms with Crippen LogP contribution in [0.4, 0.5) is 13.2 Å². The average Bonchev–Trinajstić information content (AvgIpc) is 0.738. The summed E-state index contributed by atoms with van der Waals surface area (Å²) in [5.74, 6) is -0.379. The quantitative estimate of drug-likeness (QED) is 0.0521. The minimum absolute atomic E-state index is 0.379. The van der Waals surface area contributed by atoms with Gasteiger partial charge >= 0.3 is 22.7 Å². The van der Waals surface area contributed by atoms with Crippen molar-refractivity contribution in [2.45, 2.75) is 5.51 Å². The van der Waals surface area contributed by atoms with Crippen LogP contribution in [-0.4, -0.2) is 31.1 Å². The number of hydrogen-bond acceptors (Lipinski definition) is 5. The normalized spacial score (nSPS) is 11.9. The number of alkyl halides is 3. The van der Waals surface area contributed by atoms with E-state index < -0.39 is 22.7 Å². The van der Waals surface area contributed by atoms with Gasteiger partial charge in [0.2, 0.25) is 0 Å². The Balaban J connectivity index is 0.000000120. The molecule has 0 aliphatic carbocycles. The van der Waals surface area contributed by atoms with E-state index in [1.54, 1.807) is 6.07 Å². The van der Waals surface area contributed by atoms with Gasteiger partial charge in [0, 0.05) is 0 Å². The lowest BCUT2D eigenvalue weighted by atomic mass is 9.72. The van der Waals surface area contributed by atoms with Crippen LogP contribution in [0, 0.1) is 0 Å². The molecule has 20 aromatic carbocycles. The molecule has 0 aromatic heterocycles. The van der Waals surface area contributed by atoms with Crippen LogP contribution in [-0.2, 0) is 10.1 Å². The lowest BCUT2D eigenvalue weighted by molar-refractivity contribution is -0.0500. The Morgan fingerprint density at radius 3 is 0.841 bits per heavy atom. The first-order chi connectivity index (χ1) is 52.3. The number of halogens is 3. The second kappa shape index (κ2) is 26.9. The van der Waals surface area contributed by atoms with Crippen molar-refractivity contribution in [3.8, 4) is 61.4 Å². The van der Waals surface area contributed by atoms with Gasteiger partial charge in [0.15, 0.2) is 0 Å². The summed E-state index contributed by atoms with van der Waals surface area (Å²) in [4.78, 5) is 0. The molecule has 0 fully saturated rings. The van der Waals surface area contributed by atoms with Crippen LogP contribution in [0.3, 0.4) is 0 Å². The third-order valence-corrected chi connectivity index (χ3v) is 21.9. The number of fused-ring (bicyclic) bond motifs is 18. The van der Waals surface area contributed by atoms with E-state index in [-0.39, 0.29) is 5.75 Å². The number of rotatable bonds is 8. The van der Waals surface area contributed by atoms with Crippen molar-refractivity contribution in [3.05, 3.63) is 364 Å². The first kappa shape index (κ1) is 66.0. The smallest absolute Gasteiger partial charge is 0.423 e. The van der Waals surface area contributed by atoms with E-state index in [1.807, 2.05) is 84.9 Å². The minimum Gasteiger partial charge on any atom is -0.423 e. The van der Waals surface area contributed by atoms with Crippen LogP contribution in [0.5, 0.6) is 5.75 Å². The highest BCUT2D eigenvalue weighted by molar-refractivity contribution is 7.88. The van der Waals surface area contributed by atoms with Gasteiger partial charge in [-0.1, -0.05) is 328 Å². The molecule has 0 radical (unpaired) electrons. The number of hydrogen-bond donors (Lipinski definition) is 2. The zero-order valence-corrected chi connectivity index (χ0v) is 58.2. The molecule has 0 saturated heterocycles. The third-order valence-electron chi connectivity index (χ3n) is 20.9. The second-order valence-electron chi connectivity index (χ2n) is 27.0. The summed E-state index contributed by atoms with van der Waals surface area (Å²) in [6.45, 7) is 0. The summed E-state index contributed by atoms with van der Waals surface area (Å²) in [6, 6.07) is 126. The van der Waals surface area contributed by atoms with Crippen molar-refractivity contribution >= 4 is 152 Å². The molecule has 20 rings (SSSR count). The van der Waals surface area contributed by atoms with Gasteiger partial charge in [-0.2, -0.15) is 21.6 Å². The summed E-state index contributed by atoms with van der Waals surface area (Å²) in [5.41, 5.74) is 7.15. The Kier molecular flexibility index (Phi) is 16.6. The second-order valence-corrected chi connectivity index (χ2v) is 28.5. The maximum Gasteiger partial charge on any atom is 0.534 e. The van der Waals surface area contributed by atoms with Gasteiger partial charge in [-0.3, -0.25) is 0 Å². The Morgan fingerprint density at radius 1 is 0.234 bits per heavy atom. The van der Waals surface area contributed by atoms with E-state index in [0.29, 0.717) is 10.8 Å². The maximum absolute atomic E-state index is 12.6. The topological polar surface area (TPSA) is 83.8 Å². The van der Waals surface area contributed by atoms with Gasteiger partial charge in [0.05, 0.1) is 0 Å². The lowest BCUT2D eigenvalue weighted by Crippen LogP contribution is -2.31. The van der Waals surface area contributed by atoms with Crippen LogP contribution in [0.15, 0.2) is 364 Å². The fraction of sp³-hybridized carbons (Fsp3) is 0.0103. The van der Waals surface area contributed by atoms with E-state index in [9.17, 15) is 31.6 Å². The van der Waals surface area contributed by atoms with Crippen LogP contribution in [0.2, 0.25) is 0 Å². The molecule has 0 unspecified atom stereocenters. The molecule has 0 atom stereocenters. The molecule has 0 aliphatic rings. The van der Waals surface area contributed by atoms with E-state index in [2.05, 4.69) is 265 Å². The Morgan fingerprint density at radius 2 is 0.486 bits per heavy atom. The first-order valence-corrected chi connectivity index (χ1v) is 36.8. The number of benzene rings is 20. The molecule has 20 aromatic rings. The van der Waals surface area contributed by atoms with Gasteiger partial charge in [-0.05, 0) is 227 Å². The summed E-state index contributed by atoms with van der Waals surface area (Å²) >= 11 is 0. The molecular weight excluding hydrogens is 1340 g/mol. The molecule has 0 saturated carbocycles. The van der Waals surface area contributed by atoms with Gasteiger partial charge in [0.1, 0.15) is 5.75 Å². The predicted molar refractivity (Wildman–Crippen MR) is 442 cm³/mol. The molecule has 510 valence electrons. The van der Waals surface area contributed by atoms with Crippen LogP contribution in [0.25, 0.3) is 185 Å². The van der Waals surface area contributed by atoms with Crippen molar-refractivity contribution in [3.63, 3.8) is 0 Å². The molecule has 10 heteroatoms. The van der Waals surface area contributed by atoms with E-state index in [0.717, 1.165) is 59.6 Å². The summed E-state index contributed by atoms with van der Waals surface area (Å²) in [5, 5.41) is 47.1. The van der Waals surface area contributed by atoms with Crippen LogP contribution in [0.1, 0.15) is 0 Å². The van der Waals surface area contributed by atoms with Crippen molar-refractivity contribution in [1.29, 1.82) is 0 Å². The molecular formula is C97H62BF3O5S. The maximum atomic E-state index is 12.6. The molecule has 2 N–H and O–H groups in total. The van der Waals surface area contributed by atoms with Gasteiger partial charge in [0.25, 0.3) is 0 Å². The summed E-state index contributed by atoms with van der Waals surface area (Å²) in [6.07, 6.45) is 0. The predicted octanol–water partition coefficient (Wildman–Crippen LogP) is 25.1. The molecule has 5 nitrogen and oxygen atoms in total. The van der Waals surface area contributed by atoms with Crippen molar-refractivity contribution in [1.82, 2.24) is 0 Å². The summed E-state index contributed by atoms with van der Waals surface area (Å²) in [7, 11) is -7.25. The van der Waals surface area contributed by atoms with Crippen LogP contribution >= 0.6 is 0 Å². The zero-order chi connectivity index (χ0) is 72.5. The van der Waals surface area contributed by atoms with Crippen LogP contribution < -0.4 is 9.65 Å². The lowest BCUT2D eigenvalue weighted by Gasteiger charge is -2.19. The molecule has 0 bridgehead atoms.